The maximum atomic E-state index is 8.88. The number of benzene rings is 2. The maximum absolute atomic E-state index is 8.88. The van der Waals surface area contributed by atoms with Crippen LogP contribution in [0.1, 0.15) is 22.3 Å². The molecule has 0 aliphatic heterocycles. The van der Waals surface area contributed by atoms with Crippen molar-refractivity contribution < 1.29 is 14.9 Å². The Labute approximate surface area is 187 Å². The average Bonchev–Trinajstić information content (AvgIpc) is 2.83. The topological polar surface area (TPSA) is 75.5 Å². The fourth-order valence-electron chi connectivity index (χ4n) is 2.74. The molecule has 2 aromatic carbocycles. The van der Waals surface area contributed by atoms with Crippen LogP contribution < -0.4 is 4.74 Å². The minimum Gasteiger partial charge on any atom is -0.508 e. The van der Waals surface area contributed by atoms with Gasteiger partial charge in [-0.3, -0.25) is 9.97 Å². The summed E-state index contributed by atoms with van der Waals surface area (Å²) in [5.74, 6) is 0.436. The first kappa shape index (κ1) is 22.3. The third kappa shape index (κ3) is 7.46. The van der Waals surface area contributed by atoms with E-state index in [1.54, 1.807) is 24.8 Å². The van der Waals surface area contributed by atoms with Crippen molar-refractivity contribution in [3.05, 3.63) is 114 Å². The number of methoxy groups -OCH3 is 1. The molecule has 4 rings (SSSR count). The summed E-state index contributed by atoms with van der Waals surface area (Å²) in [5, 5.41) is 17.8. The molecule has 4 aromatic rings. The monoisotopic (exact) mass is 424 g/mol. The van der Waals surface area contributed by atoms with Crippen molar-refractivity contribution in [2.75, 3.05) is 7.11 Å². The number of phenols is 2. The van der Waals surface area contributed by atoms with E-state index >= 15 is 0 Å². The van der Waals surface area contributed by atoms with Gasteiger partial charge in [0, 0.05) is 43.0 Å². The van der Waals surface area contributed by atoms with Gasteiger partial charge in [0.1, 0.15) is 17.2 Å². The Morgan fingerprint density at radius 1 is 0.562 bits per heavy atom. The van der Waals surface area contributed by atoms with Crippen LogP contribution in [0.2, 0.25) is 0 Å². The van der Waals surface area contributed by atoms with E-state index in [0.717, 1.165) is 11.1 Å². The molecule has 0 aliphatic carbocycles. The zero-order chi connectivity index (χ0) is 22.6. The summed E-state index contributed by atoms with van der Waals surface area (Å²) in [6.07, 6.45) is 15.6. The van der Waals surface area contributed by atoms with E-state index in [1.165, 1.54) is 36.4 Å². The molecule has 2 heterocycles. The van der Waals surface area contributed by atoms with Crippen LogP contribution in [0.5, 0.6) is 17.2 Å². The summed E-state index contributed by atoms with van der Waals surface area (Å²) < 4.78 is 4.76. The molecule has 5 heteroatoms. The smallest absolute Gasteiger partial charge is 0.126 e. The number of aromatic hydroxyl groups is 2. The number of pyridine rings is 2. The normalized spacial score (nSPS) is 10.7. The lowest BCUT2D eigenvalue weighted by atomic mass is 10.1. The quantitative estimate of drug-likeness (QED) is 0.416. The second kappa shape index (κ2) is 11.7. The van der Waals surface area contributed by atoms with Gasteiger partial charge in [0.2, 0.25) is 0 Å². The first-order valence-corrected chi connectivity index (χ1v) is 9.96. The van der Waals surface area contributed by atoms with Crippen molar-refractivity contribution >= 4 is 24.3 Å². The number of ether oxygens (including phenoxy) is 1. The van der Waals surface area contributed by atoms with Crippen molar-refractivity contribution in [3.63, 3.8) is 0 Å². The minimum atomic E-state index is -0.00292. The standard InChI is InChI=1S/C20H16N2.C7H8O3/c1-2-18(6-8-20-11-15-22-16-12-20)4-3-17(1)5-7-19-9-13-21-14-10-19;1-10-7-3-5(8)2-6(9)4-7/h1-16H;2-4,8-9H,1H3/b7-5+,8-6+;. The second-order valence-corrected chi connectivity index (χ2v) is 6.78. The van der Waals surface area contributed by atoms with Gasteiger partial charge in [-0.1, -0.05) is 48.6 Å². The average molecular weight is 425 g/mol. The number of phenolic OH excluding ortho intramolecular Hbond substituents is 2. The molecule has 2 aromatic heterocycles. The van der Waals surface area contributed by atoms with Crippen LogP contribution in [0.25, 0.3) is 24.3 Å². The van der Waals surface area contributed by atoms with Gasteiger partial charge in [0.05, 0.1) is 7.11 Å². The number of aromatic nitrogens is 2. The van der Waals surface area contributed by atoms with Gasteiger partial charge in [0.15, 0.2) is 0 Å². The van der Waals surface area contributed by atoms with Gasteiger partial charge in [-0.05, 0) is 46.5 Å². The van der Waals surface area contributed by atoms with Crippen molar-refractivity contribution in [2.45, 2.75) is 0 Å². The van der Waals surface area contributed by atoms with E-state index in [9.17, 15) is 0 Å². The van der Waals surface area contributed by atoms with Gasteiger partial charge < -0.3 is 14.9 Å². The van der Waals surface area contributed by atoms with Crippen LogP contribution in [-0.2, 0) is 0 Å². The van der Waals surface area contributed by atoms with Crippen molar-refractivity contribution in [3.8, 4) is 17.2 Å². The fraction of sp³-hybridized carbons (Fsp3) is 0.0370. The second-order valence-electron chi connectivity index (χ2n) is 6.78. The molecule has 0 radical (unpaired) electrons. The van der Waals surface area contributed by atoms with E-state index in [-0.39, 0.29) is 11.5 Å². The third-order valence-electron chi connectivity index (χ3n) is 4.40. The zero-order valence-electron chi connectivity index (χ0n) is 17.7. The van der Waals surface area contributed by atoms with Crippen LogP contribution >= 0.6 is 0 Å². The Bertz CT molecular complexity index is 1070. The van der Waals surface area contributed by atoms with Crippen molar-refractivity contribution in [1.82, 2.24) is 9.97 Å². The van der Waals surface area contributed by atoms with Gasteiger partial charge in [-0.25, -0.2) is 0 Å². The summed E-state index contributed by atoms with van der Waals surface area (Å²) in [4.78, 5) is 8.02. The van der Waals surface area contributed by atoms with Crippen LogP contribution in [-0.4, -0.2) is 27.3 Å². The highest BCUT2D eigenvalue weighted by atomic mass is 16.5. The van der Waals surface area contributed by atoms with Gasteiger partial charge in [0.25, 0.3) is 0 Å². The third-order valence-corrected chi connectivity index (χ3v) is 4.40. The highest BCUT2D eigenvalue weighted by Gasteiger charge is 1.96. The molecule has 0 atom stereocenters. The number of nitrogens with zero attached hydrogens (tertiary/aromatic N) is 2. The molecule has 0 amide bonds. The van der Waals surface area contributed by atoms with E-state index in [0.29, 0.717) is 5.75 Å². The Morgan fingerprint density at radius 3 is 1.25 bits per heavy atom. The predicted octanol–water partition coefficient (Wildman–Crippen LogP) is 5.92. The van der Waals surface area contributed by atoms with E-state index in [2.05, 4.69) is 58.5 Å². The molecule has 0 aliphatic rings. The zero-order valence-corrected chi connectivity index (χ0v) is 17.7. The molecule has 160 valence electrons. The summed E-state index contributed by atoms with van der Waals surface area (Å²) in [5.41, 5.74) is 4.66. The lowest BCUT2D eigenvalue weighted by molar-refractivity contribution is 0.398. The molecule has 0 fully saturated rings. The first-order valence-electron chi connectivity index (χ1n) is 9.96. The first-order chi connectivity index (χ1) is 15.6. The number of rotatable bonds is 5. The van der Waals surface area contributed by atoms with Crippen LogP contribution in [0, 0.1) is 0 Å². The Hall–Kier alpha value is -4.38. The fourth-order valence-corrected chi connectivity index (χ4v) is 2.74. The molecule has 0 unspecified atom stereocenters. The SMILES string of the molecule is C(=C\c1ccc(/C=C/c2ccncc2)cc1)/c1ccncc1.COc1cc(O)cc(O)c1. The Morgan fingerprint density at radius 2 is 0.906 bits per heavy atom. The van der Waals surface area contributed by atoms with Gasteiger partial charge in [-0.15, -0.1) is 0 Å². The highest BCUT2D eigenvalue weighted by Crippen LogP contribution is 2.24. The predicted molar refractivity (Wildman–Crippen MR) is 129 cm³/mol. The van der Waals surface area contributed by atoms with Crippen molar-refractivity contribution in [2.24, 2.45) is 0 Å². The molecular formula is C27H24N2O3. The molecule has 0 saturated carbocycles. The van der Waals surface area contributed by atoms with E-state index in [4.69, 9.17) is 14.9 Å². The molecule has 2 N–H and O–H groups in total. The summed E-state index contributed by atoms with van der Waals surface area (Å²) in [6.45, 7) is 0. The molecule has 0 bridgehead atoms. The maximum Gasteiger partial charge on any atom is 0.126 e. The van der Waals surface area contributed by atoms with E-state index < -0.39 is 0 Å². The molecule has 0 saturated heterocycles. The van der Waals surface area contributed by atoms with E-state index in [1.807, 2.05) is 24.3 Å². The summed E-state index contributed by atoms with van der Waals surface area (Å²) in [6, 6.07) is 20.5. The Kier molecular flexibility index (Phi) is 8.17. The van der Waals surface area contributed by atoms with Crippen LogP contribution in [0.15, 0.2) is 91.5 Å². The Balaban J connectivity index is 0.000000243. The molecule has 32 heavy (non-hydrogen) atoms. The summed E-state index contributed by atoms with van der Waals surface area (Å²) in [7, 11) is 1.47. The van der Waals surface area contributed by atoms with Gasteiger partial charge in [-0.2, -0.15) is 0 Å². The number of hydrogen-bond donors (Lipinski definition) is 2. The van der Waals surface area contributed by atoms with Crippen LogP contribution in [0.3, 0.4) is 0 Å². The van der Waals surface area contributed by atoms with Gasteiger partial charge >= 0.3 is 0 Å². The summed E-state index contributed by atoms with van der Waals surface area (Å²) >= 11 is 0. The lowest BCUT2D eigenvalue weighted by Gasteiger charge is -1.99. The van der Waals surface area contributed by atoms with Crippen LogP contribution in [0.4, 0.5) is 0 Å². The highest BCUT2D eigenvalue weighted by molar-refractivity contribution is 5.72. The lowest BCUT2D eigenvalue weighted by Crippen LogP contribution is -1.80. The molecular weight excluding hydrogens is 400 g/mol. The molecule has 5 nitrogen and oxygen atoms in total. The minimum absolute atomic E-state index is 0.00292. The largest absolute Gasteiger partial charge is 0.508 e. The number of hydrogen-bond acceptors (Lipinski definition) is 5. The molecule has 0 spiro atoms. The van der Waals surface area contributed by atoms with Crippen molar-refractivity contribution in [1.29, 1.82) is 0 Å².